The van der Waals surface area contributed by atoms with Crippen molar-refractivity contribution < 1.29 is 9.84 Å². The second-order valence-corrected chi connectivity index (χ2v) is 5.71. The maximum atomic E-state index is 9.41. The molecule has 0 aliphatic carbocycles. The Hall–Kier alpha value is -1.91. The number of nitrogens with zero attached hydrogens (tertiary/aromatic N) is 2. The number of rotatable bonds is 6. The van der Waals surface area contributed by atoms with E-state index < -0.39 is 0 Å². The number of benzene rings is 1. The third kappa shape index (κ3) is 3.84. The summed E-state index contributed by atoms with van der Waals surface area (Å²) in [6, 6.07) is 14.3. The van der Waals surface area contributed by atoms with Crippen molar-refractivity contribution in [1.29, 1.82) is 0 Å². The van der Waals surface area contributed by atoms with E-state index >= 15 is 0 Å². The Balaban J connectivity index is 1.60. The minimum atomic E-state index is 0.246. The number of hydrogen-bond donors (Lipinski definition) is 1. The van der Waals surface area contributed by atoms with Gasteiger partial charge in [-0.1, -0.05) is 18.2 Å². The van der Waals surface area contributed by atoms with E-state index in [-0.39, 0.29) is 6.61 Å². The molecule has 1 aliphatic rings. The molecule has 1 saturated heterocycles. The first-order valence-corrected chi connectivity index (χ1v) is 7.82. The van der Waals surface area contributed by atoms with Gasteiger partial charge in [0.1, 0.15) is 12.4 Å². The molecule has 0 amide bonds. The van der Waals surface area contributed by atoms with Gasteiger partial charge in [0.05, 0.1) is 12.3 Å². The molecular formula is C18H22N2O2. The van der Waals surface area contributed by atoms with Crippen molar-refractivity contribution >= 4 is 0 Å². The molecule has 1 aromatic carbocycles. The Kier molecular flexibility index (Phi) is 5.03. The molecular weight excluding hydrogens is 276 g/mol. The van der Waals surface area contributed by atoms with Crippen molar-refractivity contribution in [2.75, 3.05) is 13.2 Å². The van der Waals surface area contributed by atoms with Crippen molar-refractivity contribution in [3.8, 4) is 5.75 Å². The van der Waals surface area contributed by atoms with E-state index in [0.29, 0.717) is 12.6 Å². The van der Waals surface area contributed by atoms with Crippen molar-refractivity contribution in [3.05, 3.63) is 59.9 Å². The molecule has 2 heterocycles. The number of ether oxygens (including phenoxy) is 1. The van der Waals surface area contributed by atoms with Gasteiger partial charge in [0, 0.05) is 18.8 Å². The van der Waals surface area contributed by atoms with Crippen LogP contribution >= 0.6 is 0 Å². The largest absolute Gasteiger partial charge is 0.487 e. The van der Waals surface area contributed by atoms with Gasteiger partial charge in [-0.25, -0.2) is 0 Å². The Bertz CT molecular complexity index is 589. The van der Waals surface area contributed by atoms with Crippen molar-refractivity contribution in [3.63, 3.8) is 0 Å². The Labute approximate surface area is 131 Å². The van der Waals surface area contributed by atoms with Crippen LogP contribution in [-0.4, -0.2) is 34.2 Å². The third-order valence-electron chi connectivity index (χ3n) is 4.11. The molecule has 1 fully saturated rings. The molecule has 0 spiro atoms. The Morgan fingerprint density at radius 3 is 3.00 bits per heavy atom. The van der Waals surface area contributed by atoms with Crippen LogP contribution < -0.4 is 4.74 Å². The molecule has 3 rings (SSSR count). The lowest BCUT2D eigenvalue weighted by Gasteiger charge is -2.22. The van der Waals surface area contributed by atoms with E-state index in [1.807, 2.05) is 30.3 Å². The van der Waals surface area contributed by atoms with Crippen LogP contribution in [0.1, 0.15) is 24.1 Å². The molecule has 1 aliphatic heterocycles. The van der Waals surface area contributed by atoms with Crippen molar-refractivity contribution in [2.45, 2.75) is 32.0 Å². The normalized spacial score (nSPS) is 18.5. The minimum Gasteiger partial charge on any atom is -0.487 e. The summed E-state index contributed by atoms with van der Waals surface area (Å²) in [6.45, 7) is 2.65. The molecule has 0 bridgehead atoms. The standard InChI is InChI=1S/C18H22N2O2/c21-13-17-7-4-10-20(17)12-15-5-3-8-18(11-15)22-14-16-6-1-2-9-19-16/h1-3,5-6,8-9,11,17,21H,4,7,10,12-14H2/t17-/m0/s1. The summed E-state index contributed by atoms with van der Waals surface area (Å²) in [5.74, 6) is 0.864. The zero-order valence-corrected chi connectivity index (χ0v) is 12.7. The summed E-state index contributed by atoms with van der Waals surface area (Å²) in [5, 5.41) is 9.41. The number of pyridine rings is 1. The maximum absolute atomic E-state index is 9.41. The van der Waals surface area contributed by atoms with Crippen molar-refractivity contribution in [2.24, 2.45) is 0 Å². The minimum absolute atomic E-state index is 0.246. The van der Waals surface area contributed by atoms with Crippen LogP contribution in [0.15, 0.2) is 48.7 Å². The number of aliphatic hydroxyl groups excluding tert-OH is 1. The fourth-order valence-electron chi connectivity index (χ4n) is 2.92. The highest BCUT2D eigenvalue weighted by Crippen LogP contribution is 2.22. The van der Waals surface area contributed by atoms with Gasteiger partial charge in [-0.2, -0.15) is 0 Å². The Morgan fingerprint density at radius 2 is 2.18 bits per heavy atom. The summed E-state index contributed by atoms with van der Waals surface area (Å²) in [5.41, 5.74) is 2.15. The van der Waals surface area contributed by atoms with Gasteiger partial charge in [-0.3, -0.25) is 9.88 Å². The molecule has 0 radical (unpaired) electrons. The predicted octanol–water partition coefficient (Wildman–Crippen LogP) is 2.62. The predicted molar refractivity (Wildman–Crippen MR) is 85.5 cm³/mol. The molecule has 4 heteroatoms. The topological polar surface area (TPSA) is 45.6 Å². The van der Waals surface area contributed by atoms with Gasteiger partial charge < -0.3 is 9.84 Å². The van der Waals surface area contributed by atoms with Gasteiger partial charge >= 0.3 is 0 Å². The van der Waals surface area contributed by atoms with E-state index in [4.69, 9.17) is 4.74 Å². The zero-order valence-electron chi connectivity index (χ0n) is 12.7. The van der Waals surface area contributed by atoms with E-state index in [0.717, 1.165) is 31.0 Å². The molecule has 22 heavy (non-hydrogen) atoms. The monoisotopic (exact) mass is 298 g/mol. The average molecular weight is 298 g/mol. The molecule has 1 atom stereocenters. The molecule has 0 saturated carbocycles. The fraction of sp³-hybridized carbons (Fsp3) is 0.389. The molecule has 2 aromatic rings. The highest BCUT2D eigenvalue weighted by molar-refractivity contribution is 5.28. The lowest BCUT2D eigenvalue weighted by molar-refractivity contribution is 0.153. The average Bonchev–Trinajstić information content (AvgIpc) is 3.01. The van der Waals surface area contributed by atoms with Gasteiger partial charge in [0.15, 0.2) is 0 Å². The molecule has 4 nitrogen and oxygen atoms in total. The van der Waals surface area contributed by atoms with E-state index in [1.165, 1.54) is 12.0 Å². The summed E-state index contributed by atoms with van der Waals surface area (Å²) in [7, 11) is 0. The highest BCUT2D eigenvalue weighted by Gasteiger charge is 2.23. The first-order valence-electron chi connectivity index (χ1n) is 7.82. The first kappa shape index (κ1) is 15.0. The number of aromatic nitrogens is 1. The van der Waals surface area contributed by atoms with Crippen LogP contribution in [0.25, 0.3) is 0 Å². The SMILES string of the molecule is OC[C@@H]1CCCN1Cc1cccc(OCc2ccccn2)c1. The second-order valence-electron chi connectivity index (χ2n) is 5.71. The second kappa shape index (κ2) is 7.38. The van der Waals surface area contributed by atoms with Crippen molar-refractivity contribution in [1.82, 2.24) is 9.88 Å². The zero-order chi connectivity index (χ0) is 15.2. The van der Waals surface area contributed by atoms with E-state index in [2.05, 4.69) is 22.0 Å². The molecule has 1 aromatic heterocycles. The molecule has 116 valence electrons. The first-order chi connectivity index (χ1) is 10.8. The fourth-order valence-corrected chi connectivity index (χ4v) is 2.92. The van der Waals surface area contributed by atoms with Crippen LogP contribution in [0.3, 0.4) is 0 Å². The van der Waals surface area contributed by atoms with E-state index in [1.54, 1.807) is 6.20 Å². The maximum Gasteiger partial charge on any atom is 0.130 e. The number of aliphatic hydroxyl groups is 1. The number of hydrogen-bond acceptors (Lipinski definition) is 4. The third-order valence-corrected chi connectivity index (χ3v) is 4.11. The quantitative estimate of drug-likeness (QED) is 0.890. The summed E-state index contributed by atoms with van der Waals surface area (Å²) in [4.78, 5) is 6.60. The van der Waals surface area contributed by atoms with Crippen LogP contribution in [0, 0.1) is 0 Å². The van der Waals surface area contributed by atoms with Crippen LogP contribution in [0.4, 0.5) is 0 Å². The lowest BCUT2D eigenvalue weighted by Crippen LogP contribution is -2.31. The highest BCUT2D eigenvalue weighted by atomic mass is 16.5. The summed E-state index contributed by atoms with van der Waals surface area (Å²) in [6.07, 6.45) is 4.03. The van der Waals surface area contributed by atoms with Crippen LogP contribution in [0.5, 0.6) is 5.75 Å². The summed E-state index contributed by atoms with van der Waals surface area (Å²) < 4.78 is 5.82. The van der Waals surface area contributed by atoms with Gasteiger partial charge in [0.2, 0.25) is 0 Å². The summed E-state index contributed by atoms with van der Waals surface area (Å²) >= 11 is 0. The number of likely N-dealkylation sites (tertiary alicyclic amines) is 1. The van der Waals surface area contributed by atoms with Gasteiger partial charge in [-0.15, -0.1) is 0 Å². The lowest BCUT2D eigenvalue weighted by atomic mass is 10.2. The smallest absolute Gasteiger partial charge is 0.130 e. The molecule has 0 unspecified atom stereocenters. The van der Waals surface area contributed by atoms with E-state index in [9.17, 15) is 5.11 Å². The van der Waals surface area contributed by atoms with Crippen LogP contribution in [-0.2, 0) is 13.2 Å². The van der Waals surface area contributed by atoms with Gasteiger partial charge in [-0.05, 0) is 49.2 Å². The van der Waals surface area contributed by atoms with Gasteiger partial charge in [0.25, 0.3) is 0 Å². The van der Waals surface area contributed by atoms with Crippen LogP contribution in [0.2, 0.25) is 0 Å². The Morgan fingerprint density at radius 1 is 1.23 bits per heavy atom. The molecule has 1 N–H and O–H groups in total.